The van der Waals surface area contributed by atoms with Crippen molar-refractivity contribution in [2.24, 2.45) is 0 Å². The molecule has 1 aromatic rings. The second kappa shape index (κ2) is 3.04. The summed E-state index contributed by atoms with van der Waals surface area (Å²) < 4.78 is 6.31. The number of hydrogen-bond donors (Lipinski definition) is 0. The predicted octanol–water partition coefficient (Wildman–Crippen LogP) is 0.0340. The first kappa shape index (κ1) is 9.33. The summed E-state index contributed by atoms with van der Waals surface area (Å²) in [5, 5.41) is 0. The number of pyridine rings is 1. The van der Waals surface area contributed by atoms with E-state index >= 15 is 0 Å². The van der Waals surface area contributed by atoms with Crippen LogP contribution < -0.4 is 5.56 Å². The molecule has 0 radical (unpaired) electrons. The van der Waals surface area contributed by atoms with Gasteiger partial charge < -0.3 is 9.30 Å². The molecule has 0 spiro atoms. The predicted molar refractivity (Wildman–Crippen MR) is 53.1 cm³/mol. The van der Waals surface area contributed by atoms with Crippen molar-refractivity contribution in [2.75, 3.05) is 0 Å². The third kappa shape index (κ3) is 1.14. The number of nitrogens with zero attached hydrogens (tertiary/aromatic N) is 1. The van der Waals surface area contributed by atoms with Crippen molar-refractivity contribution in [3.8, 4) is 0 Å². The molecule has 1 aromatic heterocycles. The Morgan fingerprint density at radius 3 is 2.88 bits per heavy atom. The molecule has 0 aromatic carbocycles. The molecule has 0 unspecified atom stereocenters. The van der Waals surface area contributed by atoms with Crippen molar-refractivity contribution in [3.63, 3.8) is 0 Å². The Morgan fingerprint density at radius 1 is 1.25 bits per heavy atom. The van der Waals surface area contributed by atoms with E-state index in [-0.39, 0.29) is 30.3 Å². The van der Waals surface area contributed by atoms with Crippen LogP contribution in [-0.4, -0.2) is 16.3 Å². The summed E-state index contributed by atoms with van der Waals surface area (Å²) in [7, 11) is 0. The first-order valence-corrected chi connectivity index (χ1v) is 5.11. The van der Waals surface area contributed by atoms with Gasteiger partial charge in [0.25, 0.3) is 5.56 Å². The van der Waals surface area contributed by atoms with Crippen molar-refractivity contribution in [2.45, 2.75) is 26.0 Å². The van der Waals surface area contributed by atoms with E-state index in [0.29, 0.717) is 29.8 Å². The van der Waals surface area contributed by atoms with Crippen LogP contribution in [0.3, 0.4) is 0 Å². The molecule has 0 N–H and O–H groups in total. The van der Waals surface area contributed by atoms with Crippen molar-refractivity contribution >= 4 is 11.8 Å². The molecule has 82 valence electrons. The van der Waals surface area contributed by atoms with Crippen LogP contribution in [0.2, 0.25) is 0 Å². The molecule has 2 aliphatic heterocycles. The Balaban J connectivity index is 2.26. The van der Waals surface area contributed by atoms with Crippen molar-refractivity contribution in [1.29, 1.82) is 0 Å². The highest BCUT2D eigenvalue weighted by Crippen LogP contribution is 2.20. The van der Waals surface area contributed by atoms with Crippen molar-refractivity contribution < 1.29 is 14.3 Å². The number of hydrogen-bond acceptors (Lipinski definition) is 4. The Hall–Kier alpha value is -1.91. The van der Waals surface area contributed by atoms with Gasteiger partial charge >= 0.3 is 5.97 Å². The van der Waals surface area contributed by atoms with E-state index in [1.54, 1.807) is 6.07 Å². The molecule has 2 aliphatic rings. The van der Waals surface area contributed by atoms with Gasteiger partial charge in [-0.15, -0.1) is 0 Å². The summed E-state index contributed by atoms with van der Waals surface area (Å²) in [6, 6.07) is 1.66. The Labute approximate surface area is 90.6 Å². The standard InChI is InChI=1S/C11H9NO4/c13-9-1-2-12-8(9)3-6-4-10(14)16-5-7(6)11(12)15/h3H,1-2,4-5H2. The minimum Gasteiger partial charge on any atom is -0.460 e. The molecular weight excluding hydrogens is 210 g/mol. The Bertz CT molecular complexity index is 570. The summed E-state index contributed by atoms with van der Waals surface area (Å²) in [5.41, 5.74) is 1.39. The van der Waals surface area contributed by atoms with Gasteiger partial charge in [0, 0.05) is 13.0 Å². The van der Waals surface area contributed by atoms with Crippen LogP contribution in [0.15, 0.2) is 10.9 Å². The highest BCUT2D eigenvalue weighted by atomic mass is 16.5. The first-order valence-electron chi connectivity index (χ1n) is 5.11. The molecule has 5 heteroatoms. The number of esters is 1. The molecule has 16 heavy (non-hydrogen) atoms. The SMILES string of the molecule is O=C1Cc2cc3n(c(=O)c2CO1)CCC3=O. The minimum atomic E-state index is -0.345. The molecule has 0 amide bonds. The van der Waals surface area contributed by atoms with E-state index in [1.807, 2.05) is 0 Å². The van der Waals surface area contributed by atoms with Crippen LogP contribution in [-0.2, 0) is 29.1 Å². The molecule has 0 fully saturated rings. The van der Waals surface area contributed by atoms with E-state index in [1.165, 1.54) is 4.57 Å². The lowest BCUT2D eigenvalue weighted by Crippen LogP contribution is -2.30. The van der Waals surface area contributed by atoms with Crippen molar-refractivity contribution in [1.82, 2.24) is 4.57 Å². The molecule has 3 rings (SSSR count). The Kier molecular flexibility index (Phi) is 1.77. The maximum absolute atomic E-state index is 12.0. The summed E-state index contributed by atoms with van der Waals surface area (Å²) in [5.74, 6) is -0.374. The number of ketones is 1. The Morgan fingerprint density at radius 2 is 2.06 bits per heavy atom. The normalized spacial score (nSPS) is 18.0. The van der Waals surface area contributed by atoms with Crippen LogP contribution in [0.4, 0.5) is 0 Å². The summed E-state index contributed by atoms with van der Waals surface area (Å²) in [6.07, 6.45) is 0.457. The molecule has 0 bridgehead atoms. The van der Waals surface area contributed by atoms with Gasteiger partial charge in [-0.1, -0.05) is 0 Å². The number of ether oxygens (including phenoxy) is 1. The monoisotopic (exact) mass is 219 g/mol. The lowest BCUT2D eigenvalue weighted by atomic mass is 10.0. The number of rotatable bonds is 0. The average Bonchev–Trinajstić information content (AvgIpc) is 2.61. The molecule has 0 saturated carbocycles. The maximum Gasteiger partial charge on any atom is 0.310 e. The molecule has 0 aliphatic carbocycles. The number of cyclic esters (lactones) is 1. The molecule has 3 heterocycles. The third-order valence-corrected chi connectivity index (χ3v) is 3.05. The maximum atomic E-state index is 12.0. The van der Waals surface area contributed by atoms with E-state index in [9.17, 15) is 14.4 Å². The summed E-state index contributed by atoms with van der Waals surface area (Å²) in [6.45, 7) is 0.468. The van der Waals surface area contributed by atoms with E-state index < -0.39 is 0 Å². The lowest BCUT2D eigenvalue weighted by molar-refractivity contribution is -0.145. The number of carbonyl (C=O) groups is 2. The van der Waals surface area contributed by atoms with Crippen molar-refractivity contribution in [3.05, 3.63) is 33.2 Å². The largest absolute Gasteiger partial charge is 0.460 e. The van der Waals surface area contributed by atoms with Gasteiger partial charge in [0.1, 0.15) is 6.61 Å². The van der Waals surface area contributed by atoms with Crippen LogP contribution >= 0.6 is 0 Å². The van der Waals surface area contributed by atoms with E-state index in [0.717, 1.165) is 0 Å². The van der Waals surface area contributed by atoms with E-state index in [2.05, 4.69) is 0 Å². The van der Waals surface area contributed by atoms with Crippen LogP contribution in [0.25, 0.3) is 0 Å². The molecule has 5 nitrogen and oxygen atoms in total. The van der Waals surface area contributed by atoms with Gasteiger partial charge in [0.15, 0.2) is 5.78 Å². The fourth-order valence-electron chi connectivity index (χ4n) is 2.21. The summed E-state index contributed by atoms with van der Waals surface area (Å²) in [4.78, 5) is 34.6. The van der Waals surface area contributed by atoms with Crippen LogP contribution in [0.5, 0.6) is 0 Å². The van der Waals surface area contributed by atoms with Gasteiger partial charge in [-0.2, -0.15) is 0 Å². The van der Waals surface area contributed by atoms with Gasteiger partial charge in [-0.05, 0) is 11.6 Å². The highest BCUT2D eigenvalue weighted by molar-refractivity contribution is 5.96. The minimum absolute atomic E-state index is 0.0289. The highest BCUT2D eigenvalue weighted by Gasteiger charge is 2.27. The van der Waals surface area contributed by atoms with E-state index in [4.69, 9.17) is 4.74 Å². The topological polar surface area (TPSA) is 65.4 Å². The van der Waals surface area contributed by atoms with Gasteiger partial charge in [-0.25, -0.2) is 0 Å². The zero-order valence-corrected chi connectivity index (χ0v) is 8.49. The fourth-order valence-corrected chi connectivity index (χ4v) is 2.21. The smallest absolute Gasteiger partial charge is 0.310 e. The molecular formula is C11H9NO4. The zero-order valence-electron chi connectivity index (χ0n) is 8.49. The first-order chi connectivity index (χ1) is 7.66. The number of aromatic nitrogens is 1. The average molecular weight is 219 g/mol. The third-order valence-electron chi connectivity index (χ3n) is 3.05. The summed E-state index contributed by atoms with van der Waals surface area (Å²) >= 11 is 0. The van der Waals surface area contributed by atoms with Crippen LogP contribution in [0, 0.1) is 0 Å². The quantitative estimate of drug-likeness (QED) is 0.577. The number of carbonyl (C=O) groups excluding carboxylic acids is 2. The van der Waals surface area contributed by atoms with Crippen LogP contribution in [0.1, 0.15) is 28.0 Å². The van der Waals surface area contributed by atoms with Gasteiger partial charge in [-0.3, -0.25) is 14.4 Å². The number of fused-ring (bicyclic) bond motifs is 2. The second-order valence-corrected chi connectivity index (χ2v) is 4.00. The fraction of sp³-hybridized carbons (Fsp3) is 0.364. The molecule has 0 atom stereocenters. The second-order valence-electron chi connectivity index (χ2n) is 4.00. The van der Waals surface area contributed by atoms with Gasteiger partial charge in [0.2, 0.25) is 0 Å². The number of Topliss-reactive ketones (excluding diaryl/α,β-unsaturated/α-hetero) is 1. The molecule has 0 saturated heterocycles. The van der Waals surface area contributed by atoms with Gasteiger partial charge in [0.05, 0.1) is 17.7 Å². The zero-order chi connectivity index (χ0) is 11.3. The lowest BCUT2D eigenvalue weighted by Gasteiger charge is -2.16.